The van der Waals surface area contributed by atoms with E-state index in [4.69, 9.17) is 4.74 Å². The molecule has 1 saturated heterocycles. The van der Waals surface area contributed by atoms with Gasteiger partial charge in [0.15, 0.2) is 0 Å². The van der Waals surface area contributed by atoms with Gasteiger partial charge in [0.25, 0.3) is 5.91 Å². The lowest BCUT2D eigenvalue weighted by Gasteiger charge is -2.29. The van der Waals surface area contributed by atoms with Gasteiger partial charge in [-0.25, -0.2) is 0 Å². The molecule has 2 N–H and O–H groups in total. The Kier molecular flexibility index (Phi) is 2.33. The zero-order valence-electron chi connectivity index (χ0n) is 10.0. The molecule has 2 aliphatic rings. The first kappa shape index (κ1) is 10.6. The molecule has 0 aliphatic carbocycles. The van der Waals surface area contributed by atoms with Gasteiger partial charge in [0, 0.05) is 30.6 Å². The highest BCUT2D eigenvalue weighted by Crippen LogP contribution is 2.34. The van der Waals surface area contributed by atoms with Crippen molar-refractivity contribution in [2.24, 2.45) is 0 Å². The normalized spacial score (nSPS) is 26.1. The molecule has 2 heterocycles. The van der Waals surface area contributed by atoms with Crippen LogP contribution in [0.1, 0.15) is 27.4 Å². The van der Waals surface area contributed by atoms with Gasteiger partial charge in [0.05, 0.1) is 7.11 Å². The van der Waals surface area contributed by atoms with Gasteiger partial charge in [0.2, 0.25) is 0 Å². The fourth-order valence-electron chi connectivity index (χ4n) is 2.90. The zero-order chi connectivity index (χ0) is 12.0. The third-order valence-corrected chi connectivity index (χ3v) is 3.73. The van der Waals surface area contributed by atoms with Crippen molar-refractivity contribution in [2.75, 3.05) is 20.2 Å². The number of nitrogens with one attached hydrogen (secondary N) is 2. The van der Waals surface area contributed by atoms with Crippen molar-refractivity contribution in [2.45, 2.75) is 18.9 Å². The lowest BCUT2D eigenvalue weighted by molar-refractivity contribution is 0.0923. The largest absolute Gasteiger partial charge is 0.497 e. The summed E-state index contributed by atoms with van der Waals surface area (Å²) >= 11 is 0. The van der Waals surface area contributed by atoms with Crippen LogP contribution in [0.15, 0.2) is 12.1 Å². The fraction of sp³-hybridized carbons (Fsp3) is 0.462. The molecular weight excluding hydrogens is 216 g/mol. The Morgan fingerprint density at radius 1 is 1.35 bits per heavy atom. The number of carbonyl (C=O) groups is 1. The van der Waals surface area contributed by atoms with E-state index >= 15 is 0 Å². The lowest BCUT2D eigenvalue weighted by Crippen LogP contribution is -2.44. The van der Waals surface area contributed by atoms with Gasteiger partial charge >= 0.3 is 0 Å². The van der Waals surface area contributed by atoms with Crippen molar-refractivity contribution in [3.63, 3.8) is 0 Å². The number of ether oxygens (including phenoxy) is 1. The Balaban J connectivity index is 2.17. The summed E-state index contributed by atoms with van der Waals surface area (Å²) in [6, 6.07) is 4.15. The lowest BCUT2D eigenvalue weighted by atomic mass is 9.84. The van der Waals surface area contributed by atoms with E-state index in [0.29, 0.717) is 5.92 Å². The van der Waals surface area contributed by atoms with Crippen LogP contribution in [-0.2, 0) is 0 Å². The number of fused-ring (bicyclic) bond motifs is 3. The van der Waals surface area contributed by atoms with Crippen molar-refractivity contribution >= 4 is 5.91 Å². The molecule has 0 unspecified atom stereocenters. The van der Waals surface area contributed by atoms with Crippen molar-refractivity contribution in [1.29, 1.82) is 0 Å². The van der Waals surface area contributed by atoms with Gasteiger partial charge in [0.1, 0.15) is 5.75 Å². The minimum Gasteiger partial charge on any atom is -0.497 e. The molecule has 3 rings (SSSR count). The molecule has 90 valence electrons. The summed E-state index contributed by atoms with van der Waals surface area (Å²) in [4.78, 5) is 12.1. The number of rotatable bonds is 1. The fourth-order valence-corrected chi connectivity index (χ4v) is 2.90. The third kappa shape index (κ3) is 1.52. The maximum Gasteiger partial charge on any atom is 0.252 e. The van der Waals surface area contributed by atoms with E-state index < -0.39 is 0 Å². The van der Waals surface area contributed by atoms with E-state index in [-0.39, 0.29) is 11.9 Å². The predicted molar refractivity (Wildman–Crippen MR) is 64.6 cm³/mol. The van der Waals surface area contributed by atoms with Crippen molar-refractivity contribution in [3.8, 4) is 5.75 Å². The number of hydrogen-bond donors (Lipinski definition) is 2. The second kappa shape index (κ2) is 3.74. The first-order chi connectivity index (χ1) is 8.20. The number of methoxy groups -OCH3 is 1. The van der Waals surface area contributed by atoms with Crippen molar-refractivity contribution in [1.82, 2.24) is 10.6 Å². The molecule has 4 nitrogen and oxygen atoms in total. The number of amides is 1. The molecule has 2 atom stereocenters. The highest BCUT2D eigenvalue weighted by molar-refractivity contribution is 5.99. The molecule has 1 aromatic rings. The molecule has 17 heavy (non-hydrogen) atoms. The van der Waals surface area contributed by atoms with Gasteiger partial charge in [-0.15, -0.1) is 0 Å². The Morgan fingerprint density at radius 2 is 2.18 bits per heavy atom. The second-order valence-corrected chi connectivity index (χ2v) is 4.75. The highest BCUT2D eigenvalue weighted by atomic mass is 16.5. The van der Waals surface area contributed by atoms with Crippen LogP contribution in [0, 0.1) is 6.92 Å². The molecule has 1 aromatic carbocycles. The average molecular weight is 232 g/mol. The maximum atomic E-state index is 12.1. The van der Waals surface area contributed by atoms with Crippen LogP contribution < -0.4 is 15.4 Å². The van der Waals surface area contributed by atoms with E-state index in [0.717, 1.165) is 35.5 Å². The molecule has 1 amide bonds. The quantitative estimate of drug-likeness (QED) is 0.753. The molecule has 0 saturated carbocycles. The molecule has 4 heteroatoms. The molecule has 2 aliphatic heterocycles. The third-order valence-electron chi connectivity index (χ3n) is 3.73. The van der Waals surface area contributed by atoms with E-state index in [1.165, 1.54) is 0 Å². The highest BCUT2D eigenvalue weighted by Gasteiger charge is 2.37. The van der Waals surface area contributed by atoms with Crippen LogP contribution in [0.25, 0.3) is 0 Å². The van der Waals surface area contributed by atoms with Gasteiger partial charge in [-0.2, -0.15) is 0 Å². The topological polar surface area (TPSA) is 50.4 Å². The first-order valence-electron chi connectivity index (χ1n) is 5.91. The molecular formula is C13H16N2O2. The average Bonchev–Trinajstić information content (AvgIpc) is 2.76. The maximum absolute atomic E-state index is 12.1. The van der Waals surface area contributed by atoms with Crippen LogP contribution >= 0.6 is 0 Å². The number of aryl methyl sites for hydroxylation is 1. The number of carbonyl (C=O) groups excluding carboxylic acids is 1. The Hall–Kier alpha value is -1.55. The summed E-state index contributed by atoms with van der Waals surface area (Å²) in [5.74, 6) is 1.25. The molecule has 1 fully saturated rings. The number of benzene rings is 1. The summed E-state index contributed by atoms with van der Waals surface area (Å²) < 4.78 is 5.29. The Labute approximate surface area is 100 Å². The monoisotopic (exact) mass is 232 g/mol. The van der Waals surface area contributed by atoms with Crippen LogP contribution in [0.3, 0.4) is 0 Å². The summed E-state index contributed by atoms with van der Waals surface area (Å²) in [5.41, 5.74) is 2.94. The molecule has 0 bridgehead atoms. The summed E-state index contributed by atoms with van der Waals surface area (Å²) in [6.07, 6.45) is 0. The Morgan fingerprint density at radius 3 is 2.94 bits per heavy atom. The number of hydrogen-bond acceptors (Lipinski definition) is 3. The summed E-state index contributed by atoms with van der Waals surface area (Å²) in [5, 5.41) is 6.40. The summed E-state index contributed by atoms with van der Waals surface area (Å²) in [6.45, 7) is 3.74. The van der Waals surface area contributed by atoms with Crippen LogP contribution in [0.2, 0.25) is 0 Å². The minimum absolute atomic E-state index is 0.0464. The standard InChI is InChI=1S/C13H16N2O2/c1-7-3-8(17-2)4-9-10-5-14-6-11(10)15-13(16)12(7)9/h3-4,10-11,14H,5-6H2,1-2H3,(H,15,16)/t10-,11+/m1/s1. The molecule has 0 spiro atoms. The predicted octanol–water partition coefficient (Wildman–Crippen LogP) is 0.802. The van der Waals surface area contributed by atoms with E-state index in [1.54, 1.807) is 7.11 Å². The minimum atomic E-state index is 0.0464. The van der Waals surface area contributed by atoms with Crippen LogP contribution in [0.5, 0.6) is 5.75 Å². The van der Waals surface area contributed by atoms with Crippen molar-refractivity contribution < 1.29 is 9.53 Å². The second-order valence-electron chi connectivity index (χ2n) is 4.75. The molecule has 0 radical (unpaired) electrons. The SMILES string of the molecule is COc1cc(C)c2c(c1)[C@H]1CNC[C@@H]1NC2=O. The summed E-state index contributed by atoms with van der Waals surface area (Å²) in [7, 11) is 1.66. The zero-order valence-corrected chi connectivity index (χ0v) is 10.0. The van der Waals surface area contributed by atoms with E-state index in [2.05, 4.69) is 10.6 Å². The molecule has 0 aromatic heterocycles. The van der Waals surface area contributed by atoms with Gasteiger partial charge in [-0.05, 0) is 30.2 Å². The van der Waals surface area contributed by atoms with Gasteiger partial charge in [-0.1, -0.05) is 0 Å². The van der Waals surface area contributed by atoms with Gasteiger partial charge in [-0.3, -0.25) is 4.79 Å². The van der Waals surface area contributed by atoms with Crippen LogP contribution in [0.4, 0.5) is 0 Å². The van der Waals surface area contributed by atoms with Crippen LogP contribution in [-0.4, -0.2) is 32.1 Å². The smallest absolute Gasteiger partial charge is 0.252 e. The van der Waals surface area contributed by atoms with Crippen molar-refractivity contribution in [3.05, 3.63) is 28.8 Å². The first-order valence-corrected chi connectivity index (χ1v) is 5.91. The Bertz CT molecular complexity index is 485. The van der Waals surface area contributed by atoms with E-state index in [9.17, 15) is 4.79 Å². The van der Waals surface area contributed by atoms with Gasteiger partial charge < -0.3 is 15.4 Å². The van der Waals surface area contributed by atoms with E-state index in [1.807, 2.05) is 19.1 Å².